The number of nitrogens with one attached hydrogen (secondary N) is 1. The first-order valence-electron chi connectivity index (χ1n) is 9.36. The van der Waals surface area contributed by atoms with Crippen LogP contribution in [0.15, 0.2) is 35.2 Å². The minimum Gasteiger partial charge on any atom is -0.390 e. The maximum Gasteiger partial charge on any atom is 0.255 e. The molecular formula is C20H19ClF3NO5S. The predicted molar refractivity (Wildman–Crippen MR) is 107 cm³/mol. The topological polar surface area (TPSA) is 104 Å². The van der Waals surface area contributed by atoms with Gasteiger partial charge in [0.1, 0.15) is 0 Å². The van der Waals surface area contributed by atoms with Crippen LogP contribution in [0, 0.1) is 17.5 Å². The third kappa shape index (κ3) is 5.03. The minimum absolute atomic E-state index is 0.0879. The van der Waals surface area contributed by atoms with E-state index in [9.17, 15) is 36.6 Å². The predicted octanol–water partition coefficient (Wildman–Crippen LogP) is 3.45. The van der Waals surface area contributed by atoms with Gasteiger partial charge in [0, 0.05) is 23.4 Å². The minimum atomic E-state index is -4.01. The molecule has 1 unspecified atom stereocenters. The molecule has 3 rings (SSSR count). The second kappa shape index (κ2) is 9.15. The van der Waals surface area contributed by atoms with Gasteiger partial charge in [-0.1, -0.05) is 11.6 Å². The van der Waals surface area contributed by atoms with Crippen LogP contribution in [0.5, 0.6) is 0 Å². The highest BCUT2D eigenvalue weighted by Gasteiger charge is 2.34. The second-order valence-electron chi connectivity index (χ2n) is 7.31. The van der Waals surface area contributed by atoms with E-state index >= 15 is 0 Å². The summed E-state index contributed by atoms with van der Waals surface area (Å²) in [5.41, 5.74) is -0.505. The van der Waals surface area contributed by atoms with Crippen LogP contribution >= 0.6 is 11.6 Å². The van der Waals surface area contributed by atoms with Crippen LogP contribution in [0.4, 0.5) is 18.9 Å². The van der Waals surface area contributed by atoms with E-state index in [4.69, 9.17) is 11.6 Å². The molecule has 0 heterocycles. The van der Waals surface area contributed by atoms with E-state index in [0.717, 1.165) is 6.07 Å². The van der Waals surface area contributed by atoms with Gasteiger partial charge in [-0.2, -0.15) is 0 Å². The van der Waals surface area contributed by atoms with Gasteiger partial charge in [-0.3, -0.25) is 4.79 Å². The molecule has 3 N–H and O–H groups in total. The fraction of sp³-hybridized carbons (Fsp3) is 0.350. The van der Waals surface area contributed by atoms with E-state index in [1.807, 2.05) is 0 Å². The molecule has 0 aliphatic heterocycles. The number of amides is 1. The number of carbonyl (C=O) groups excluding carboxylic acids is 1. The van der Waals surface area contributed by atoms with Crippen LogP contribution in [0.25, 0.3) is 0 Å². The molecule has 31 heavy (non-hydrogen) atoms. The van der Waals surface area contributed by atoms with Crippen LogP contribution < -0.4 is 5.32 Å². The summed E-state index contributed by atoms with van der Waals surface area (Å²) in [4.78, 5) is 12.2. The Morgan fingerprint density at radius 3 is 2.06 bits per heavy atom. The van der Waals surface area contributed by atoms with E-state index in [1.165, 1.54) is 12.1 Å². The van der Waals surface area contributed by atoms with Gasteiger partial charge >= 0.3 is 0 Å². The Bertz CT molecular complexity index is 1080. The Morgan fingerprint density at radius 2 is 1.52 bits per heavy atom. The van der Waals surface area contributed by atoms with Gasteiger partial charge in [-0.05, 0) is 43.9 Å². The lowest BCUT2D eigenvalue weighted by atomic mass is 10.1. The van der Waals surface area contributed by atoms with E-state index in [2.05, 4.69) is 5.32 Å². The zero-order valence-corrected chi connectivity index (χ0v) is 17.6. The molecule has 1 saturated carbocycles. The van der Waals surface area contributed by atoms with Gasteiger partial charge in [0.15, 0.2) is 27.3 Å². The number of sulfone groups is 1. The number of hydrogen-bond donors (Lipinski definition) is 3. The van der Waals surface area contributed by atoms with Crippen molar-refractivity contribution in [1.29, 1.82) is 0 Å². The number of rotatable bonds is 4. The van der Waals surface area contributed by atoms with Gasteiger partial charge in [0.25, 0.3) is 5.91 Å². The van der Waals surface area contributed by atoms with E-state index in [0.29, 0.717) is 12.1 Å². The van der Waals surface area contributed by atoms with Crippen molar-refractivity contribution in [2.75, 3.05) is 5.32 Å². The molecule has 1 fully saturated rings. The smallest absolute Gasteiger partial charge is 0.255 e. The summed E-state index contributed by atoms with van der Waals surface area (Å²) in [7, 11) is -4.01. The Morgan fingerprint density at radius 1 is 0.968 bits per heavy atom. The Labute approximate surface area is 181 Å². The molecule has 0 radical (unpaired) electrons. The summed E-state index contributed by atoms with van der Waals surface area (Å²) in [6, 6.07) is 4.65. The highest BCUT2D eigenvalue weighted by molar-refractivity contribution is 7.92. The van der Waals surface area contributed by atoms with Crippen molar-refractivity contribution in [2.45, 2.75) is 48.0 Å². The van der Waals surface area contributed by atoms with E-state index in [-0.39, 0.29) is 46.9 Å². The molecule has 168 valence electrons. The standard InChI is InChI=1S/C20H19ClF3NO5S/c21-13-4-1-10(20(28)25-11-8-14(22)19(24)15(23)9-11)7-18(13)31(29,30)12-2-5-16(26)17(27)6-3-12/h1,4,7-9,12,16-17,26-27H,2-3,5-6H2,(H,25,28)/t12?,16-,17+. The van der Waals surface area contributed by atoms with Gasteiger partial charge in [-0.15, -0.1) is 0 Å². The molecule has 3 atom stereocenters. The zero-order valence-electron chi connectivity index (χ0n) is 16.0. The average molecular weight is 478 g/mol. The summed E-state index contributed by atoms with van der Waals surface area (Å²) in [6.07, 6.45) is -1.67. The number of aliphatic hydroxyl groups excluding tert-OH is 2. The zero-order chi connectivity index (χ0) is 22.9. The summed E-state index contributed by atoms with van der Waals surface area (Å²) in [5, 5.41) is 20.7. The normalized spacial score (nSPS) is 22.1. The number of benzene rings is 2. The van der Waals surface area contributed by atoms with Crippen molar-refractivity contribution < 1.29 is 36.6 Å². The lowest BCUT2D eigenvalue weighted by molar-refractivity contribution is 0.0157. The third-order valence-electron chi connectivity index (χ3n) is 5.19. The molecule has 0 saturated heterocycles. The van der Waals surface area contributed by atoms with Crippen molar-refractivity contribution in [2.24, 2.45) is 0 Å². The van der Waals surface area contributed by atoms with Crippen molar-refractivity contribution in [3.05, 3.63) is 58.4 Å². The van der Waals surface area contributed by atoms with Crippen molar-refractivity contribution in [1.82, 2.24) is 0 Å². The van der Waals surface area contributed by atoms with Crippen molar-refractivity contribution in [3.63, 3.8) is 0 Å². The fourth-order valence-corrected chi connectivity index (χ4v) is 5.75. The first-order chi connectivity index (χ1) is 14.5. The maximum atomic E-state index is 13.4. The molecule has 11 heteroatoms. The monoisotopic (exact) mass is 477 g/mol. The maximum absolute atomic E-state index is 13.4. The summed E-state index contributed by atoms with van der Waals surface area (Å²) in [5.74, 6) is -5.55. The van der Waals surface area contributed by atoms with Crippen LogP contribution in [-0.2, 0) is 9.84 Å². The summed E-state index contributed by atoms with van der Waals surface area (Å²) < 4.78 is 66.0. The molecule has 1 aliphatic rings. The number of carbonyl (C=O) groups is 1. The molecule has 2 aromatic carbocycles. The highest BCUT2D eigenvalue weighted by atomic mass is 35.5. The number of halogens is 4. The Balaban J connectivity index is 1.88. The van der Waals surface area contributed by atoms with Crippen LogP contribution in [0.2, 0.25) is 5.02 Å². The molecule has 0 bridgehead atoms. The molecule has 0 spiro atoms. The second-order valence-corrected chi connectivity index (χ2v) is 9.91. The summed E-state index contributed by atoms with van der Waals surface area (Å²) in [6.45, 7) is 0. The third-order valence-corrected chi connectivity index (χ3v) is 7.93. The van der Waals surface area contributed by atoms with Gasteiger partial charge in [0.2, 0.25) is 0 Å². The summed E-state index contributed by atoms with van der Waals surface area (Å²) >= 11 is 6.07. The van der Waals surface area contributed by atoms with Gasteiger partial charge in [0.05, 0.1) is 27.4 Å². The van der Waals surface area contributed by atoms with Crippen LogP contribution in [0.1, 0.15) is 36.0 Å². The van der Waals surface area contributed by atoms with E-state index < -0.39 is 50.7 Å². The molecular weight excluding hydrogens is 459 g/mol. The Kier molecular flexibility index (Phi) is 6.95. The number of aliphatic hydroxyl groups is 2. The van der Waals surface area contributed by atoms with Gasteiger partial charge in [-0.25, -0.2) is 21.6 Å². The number of anilines is 1. The largest absolute Gasteiger partial charge is 0.390 e. The van der Waals surface area contributed by atoms with Crippen molar-refractivity contribution in [3.8, 4) is 0 Å². The lowest BCUT2D eigenvalue weighted by Gasteiger charge is -2.17. The SMILES string of the molecule is O=C(Nc1cc(F)c(F)c(F)c1)c1ccc(Cl)c(S(=O)(=O)C2CC[C@@H](O)[C@@H](O)CC2)c1. The molecule has 2 aromatic rings. The Hall–Kier alpha value is -2.14. The first-order valence-corrected chi connectivity index (χ1v) is 11.3. The van der Waals surface area contributed by atoms with E-state index in [1.54, 1.807) is 0 Å². The number of hydrogen-bond acceptors (Lipinski definition) is 5. The molecule has 6 nitrogen and oxygen atoms in total. The van der Waals surface area contributed by atoms with Crippen LogP contribution in [0.3, 0.4) is 0 Å². The average Bonchev–Trinajstić information content (AvgIpc) is 2.88. The quantitative estimate of drug-likeness (QED) is 0.462. The highest BCUT2D eigenvalue weighted by Crippen LogP contribution is 2.32. The molecule has 1 amide bonds. The van der Waals surface area contributed by atoms with Crippen molar-refractivity contribution >= 4 is 33.0 Å². The van der Waals surface area contributed by atoms with Gasteiger partial charge < -0.3 is 15.5 Å². The first kappa shape index (κ1) is 23.5. The molecule has 0 aromatic heterocycles. The fourth-order valence-electron chi connectivity index (χ4n) is 3.43. The van der Waals surface area contributed by atoms with Crippen LogP contribution in [-0.4, -0.2) is 42.0 Å². The molecule has 1 aliphatic carbocycles. The lowest BCUT2D eigenvalue weighted by Crippen LogP contribution is -2.23.